The molecule has 3 aromatic carbocycles. The average molecular weight is 344 g/mol. The number of fused-ring (bicyclic) bond motifs is 1. The minimum Gasteiger partial charge on any atom is -0.488 e. The van der Waals surface area contributed by atoms with E-state index in [0.717, 1.165) is 29.0 Å². The van der Waals surface area contributed by atoms with Crippen LogP contribution in [0.4, 0.5) is 10.5 Å². The highest BCUT2D eigenvalue weighted by atomic mass is 16.5. The summed E-state index contributed by atoms with van der Waals surface area (Å²) >= 11 is 0. The van der Waals surface area contributed by atoms with Crippen LogP contribution in [0, 0.1) is 0 Å². The van der Waals surface area contributed by atoms with Gasteiger partial charge in [0.2, 0.25) is 0 Å². The van der Waals surface area contributed by atoms with Crippen LogP contribution in [0.2, 0.25) is 0 Å². The number of rotatable bonds is 4. The summed E-state index contributed by atoms with van der Waals surface area (Å²) in [7, 11) is 0. The topological polar surface area (TPSA) is 50.4 Å². The summed E-state index contributed by atoms with van der Waals surface area (Å²) in [6.45, 7) is 0.475. The third kappa shape index (κ3) is 3.70. The first-order valence-electron chi connectivity index (χ1n) is 8.73. The van der Waals surface area contributed by atoms with Gasteiger partial charge in [0.05, 0.1) is 6.54 Å². The van der Waals surface area contributed by atoms with Gasteiger partial charge < -0.3 is 15.4 Å². The van der Waals surface area contributed by atoms with Gasteiger partial charge in [-0.3, -0.25) is 0 Å². The van der Waals surface area contributed by atoms with Crippen molar-refractivity contribution in [2.24, 2.45) is 0 Å². The molecule has 0 spiro atoms. The van der Waals surface area contributed by atoms with Crippen LogP contribution in [0.15, 0.2) is 78.9 Å². The number of ether oxygens (including phenoxy) is 1. The van der Waals surface area contributed by atoms with E-state index in [-0.39, 0.29) is 12.1 Å². The van der Waals surface area contributed by atoms with Crippen LogP contribution in [0.1, 0.15) is 5.56 Å². The van der Waals surface area contributed by atoms with Crippen molar-refractivity contribution in [1.29, 1.82) is 0 Å². The average Bonchev–Trinajstić information content (AvgIpc) is 3.11. The zero-order valence-electron chi connectivity index (χ0n) is 14.3. The second-order valence-electron chi connectivity index (χ2n) is 6.33. The third-order valence-corrected chi connectivity index (χ3v) is 4.45. The van der Waals surface area contributed by atoms with Gasteiger partial charge in [-0.05, 0) is 34.9 Å². The molecule has 2 amide bonds. The van der Waals surface area contributed by atoms with Gasteiger partial charge >= 0.3 is 6.03 Å². The summed E-state index contributed by atoms with van der Waals surface area (Å²) in [6, 6.07) is 25.7. The van der Waals surface area contributed by atoms with Crippen LogP contribution in [0.25, 0.3) is 11.1 Å². The van der Waals surface area contributed by atoms with E-state index in [2.05, 4.69) is 28.8 Å². The Morgan fingerprint density at radius 1 is 0.885 bits per heavy atom. The molecule has 2 N–H and O–H groups in total. The summed E-state index contributed by atoms with van der Waals surface area (Å²) in [5, 5.41) is 5.74. The van der Waals surface area contributed by atoms with Crippen molar-refractivity contribution in [2.45, 2.75) is 12.5 Å². The maximum atomic E-state index is 12.1. The molecule has 1 heterocycles. The van der Waals surface area contributed by atoms with Crippen molar-refractivity contribution in [3.63, 3.8) is 0 Å². The van der Waals surface area contributed by atoms with Gasteiger partial charge in [-0.2, -0.15) is 0 Å². The van der Waals surface area contributed by atoms with Crippen molar-refractivity contribution in [2.75, 3.05) is 11.9 Å². The molecule has 3 aromatic rings. The number of urea groups is 1. The van der Waals surface area contributed by atoms with Gasteiger partial charge in [0.1, 0.15) is 11.9 Å². The molecular formula is C22H20N2O2. The molecule has 0 bridgehead atoms. The second kappa shape index (κ2) is 7.31. The minimum atomic E-state index is -0.225. The highest BCUT2D eigenvalue weighted by Gasteiger charge is 2.22. The summed E-state index contributed by atoms with van der Waals surface area (Å²) in [4.78, 5) is 12.1. The molecule has 1 aliphatic heterocycles. The Balaban J connectivity index is 1.29. The van der Waals surface area contributed by atoms with E-state index in [1.807, 2.05) is 60.7 Å². The molecule has 0 fully saturated rings. The molecule has 4 heteroatoms. The number of hydrogen-bond acceptors (Lipinski definition) is 2. The van der Waals surface area contributed by atoms with E-state index in [9.17, 15) is 4.79 Å². The summed E-state index contributed by atoms with van der Waals surface area (Å²) < 4.78 is 5.83. The molecule has 1 atom stereocenters. The molecule has 0 saturated carbocycles. The highest BCUT2D eigenvalue weighted by Crippen LogP contribution is 2.27. The Kier molecular flexibility index (Phi) is 4.56. The largest absolute Gasteiger partial charge is 0.488 e. The summed E-state index contributed by atoms with van der Waals surface area (Å²) in [5.41, 5.74) is 4.23. The molecule has 0 saturated heterocycles. The van der Waals surface area contributed by atoms with E-state index in [4.69, 9.17) is 4.74 Å². The van der Waals surface area contributed by atoms with Gasteiger partial charge in [-0.15, -0.1) is 0 Å². The number of benzene rings is 3. The van der Waals surface area contributed by atoms with Crippen LogP contribution in [0.3, 0.4) is 0 Å². The summed E-state index contributed by atoms with van der Waals surface area (Å²) in [6.07, 6.45) is 0.806. The SMILES string of the molecule is O=C(NC[C@@H]1Cc2ccccc2O1)Nc1ccc(-c2ccccc2)cc1. The number of carbonyl (C=O) groups is 1. The predicted octanol–water partition coefficient (Wildman–Crippen LogP) is 4.48. The van der Waals surface area contributed by atoms with Gasteiger partial charge in [-0.1, -0.05) is 60.7 Å². The lowest BCUT2D eigenvalue weighted by Gasteiger charge is -2.13. The molecule has 0 radical (unpaired) electrons. The maximum absolute atomic E-state index is 12.1. The molecule has 1 aliphatic rings. The first kappa shape index (κ1) is 16.2. The van der Waals surface area contributed by atoms with Crippen LogP contribution >= 0.6 is 0 Å². The Morgan fingerprint density at radius 2 is 1.58 bits per heavy atom. The van der Waals surface area contributed by atoms with Crippen molar-refractivity contribution < 1.29 is 9.53 Å². The lowest BCUT2D eigenvalue weighted by Crippen LogP contribution is -2.37. The van der Waals surface area contributed by atoms with Gasteiger partial charge in [-0.25, -0.2) is 4.79 Å². The van der Waals surface area contributed by atoms with Crippen LogP contribution < -0.4 is 15.4 Å². The fourth-order valence-corrected chi connectivity index (χ4v) is 3.13. The fraction of sp³-hybridized carbons (Fsp3) is 0.136. The number of anilines is 1. The molecule has 26 heavy (non-hydrogen) atoms. The standard InChI is InChI=1S/C22H20N2O2/c25-22(23-15-20-14-18-8-4-5-9-21(18)26-20)24-19-12-10-17(11-13-19)16-6-2-1-3-7-16/h1-13,20H,14-15H2,(H2,23,24,25)/t20-/m0/s1. The Hall–Kier alpha value is -3.27. The highest BCUT2D eigenvalue weighted by molar-refractivity contribution is 5.89. The van der Waals surface area contributed by atoms with Crippen LogP contribution in [-0.4, -0.2) is 18.7 Å². The van der Waals surface area contributed by atoms with Crippen LogP contribution in [-0.2, 0) is 6.42 Å². The van der Waals surface area contributed by atoms with Crippen molar-refractivity contribution >= 4 is 11.7 Å². The summed E-state index contributed by atoms with van der Waals surface area (Å²) in [5.74, 6) is 0.913. The zero-order chi connectivity index (χ0) is 17.8. The van der Waals surface area contributed by atoms with E-state index in [1.165, 1.54) is 5.56 Å². The van der Waals surface area contributed by atoms with E-state index in [1.54, 1.807) is 0 Å². The van der Waals surface area contributed by atoms with Crippen molar-refractivity contribution in [3.05, 3.63) is 84.4 Å². The van der Waals surface area contributed by atoms with Gasteiger partial charge in [0.15, 0.2) is 0 Å². The lowest BCUT2D eigenvalue weighted by atomic mass is 10.1. The smallest absolute Gasteiger partial charge is 0.319 e. The van der Waals surface area contributed by atoms with E-state index >= 15 is 0 Å². The molecule has 4 rings (SSSR count). The van der Waals surface area contributed by atoms with E-state index in [0.29, 0.717) is 6.54 Å². The number of hydrogen-bond donors (Lipinski definition) is 2. The number of nitrogens with one attached hydrogen (secondary N) is 2. The quantitative estimate of drug-likeness (QED) is 0.733. The molecule has 0 unspecified atom stereocenters. The molecular weight excluding hydrogens is 324 g/mol. The molecule has 130 valence electrons. The van der Waals surface area contributed by atoms with Crippen molar-refractivity contribution in [1.82, 2.24) is 5.32 Å². The normalized spacial score (nSPS) is 15.0. The first-order valence-corrected chi connectivity index (χ1v) is 8.73. The molecule has 0 aromatic heterocycles. The number of para-hydroxylation sites is 1. The minimum absolute atomic E-state index is 0.0152. The van der Waals surface area contributed by atoms with Gasteiger partial charge in [0, 0.05) is 12.1 Å². The third-order valence-electron chi connectivity index (χ3n) is 4.45. The van der Waals surface area contributed by atoms with Crippen molar-refractivity contribution in [3.8, 4) is 16.9 Å². The van der Waals surface area contributed by atoms with Crippen LogP contribution in [0.5, 0.6) is 5.75 Å². The maximum Gasteiger partial charge on any atom is 0.319 e. The Bertz CT molecular complexity index is 867. The Labute approximate surface area is 152 Å². The molecule has 0 aliphatic carbocycles. The molecule has 4 nitrogen and oxygen atoms in total. The number of carbonyl (C=O) groups excluding carboxylic acids is 1. The van der Waals surface area contributed by atoms with E-state index < -0.39 is 0 Å². The fourth-order valence-electron chi connectivity index (χ4n) is 3.13. The first-order chi connectivity index (χ1) is 12.8. The Morgan fingerprint density at radius 3 is 2.35 bits per heavy atom. The monoisotopic (exact) mass is 344 g/mol. The zero-order valence-corrected chi connectivity index (χ0v) is 14.3. The predicted molar refractivity (Wildman–Crippen MR) is 103 cm³/mol. The second-order valence-corrected chi connectivity index (χ2v) is 6.33. The van der Waals surface area contributed by atoms with Gasteiger partial charge in [0.25, 0.3) is 0 Å². The lowest BCUT2D eigenvalue weighted by molar-refractivity contribution is 0.219. The number of amides is 2.